The number of hydrogen-bond donors (Lipinski definition) is 2. The summed E-state index contributed by atoms with van der Waals surface area (Å²) in [6, 6.07) is 8.84. The van der Waals surface area contributed by atoms with Gasteiger partial charge in [-0.05, 0) is 5.56 Å². The molecule has 0 heterocycles. The lowest BCUT2D eigenvalue weighted by Crippen LogP contribution is -2.47. The Kier molecular flexibility index (Phi) is 5.07. The van der Waals surface area contributed by atoms with Crippen LogP contribution in [0, 0.1) is 0 Å². The first-order valence-corrected chi connectivity index (χ1v) is 6.07. The average molecular weight is 297 g/mol. The van der Waals surface area contributed by atoms with Gasteiger partial charge in [0.25, 0.3) is 0 Å². The fourth-order valence-corrected chi connectivity index (χ4v) is 1.90. The standard InChI is InChI=1S/C11H12Cl3NO2/c1-7(16)15-10(17)11(13,14)9(12)8-5-3-2-4-6-8/h2-6,9-10,17H,1H3,(H,15,16)/t9-,10+/m1/s1. The van der Waals surface area contributed by atoms with Crippen molar-refractivity contribution < 1.29 is 9.90 Å². The minimum absolute atomic E-state index is 0.444. The Bertz CT molecular complexity index is 384. The first kappa shape index (κ1) is 14.6. The molecule has 0 bridgehead atoms. The van der Waals surface area contributed by atoms with Crippen molar-refractivity contribution in [3.8, 4) is 0 Å². The van der Waals surface area contributed by atoms with E-state index in [1.807, 2.05) is 6.07 Å². The van der Waals surface area contributed by atoms with Crippen LogP contribution in [0.2, 0.25) is 0 Å². The van der Waals surface area contributed by atoms with Crippen LogP contribution in [0.1, 0.15) is 17.9 Å². The van der Waals surface area contributed by atoms with E-state index in [2.05, 4.69) is 5.32 Å². The van der Waals surface area contributed by atoms with Crippen molar-refractivity contribution in [3.63, 3.8) is 0 Å². The Labute approximate surface area is 115 Å². The van der Waals surface area contributed by atoms with Crippen molar-refractivity contribution in [2.24, 2.45) is 0 Å². The van der Waals surface area contributed by atoms with E-state index < -0.39 is 21.8 Å². The number of benzene rings is 1. The number of aliphatic hydroxyl groups excluding tert-OH is 1. The van der Waals surface area contributed by atoms with Gasteiger partial charge in [-0.15, -0.1) is 11.6 Å². The molecule has 0 aliphatic heterocycles. The molecule has 0 saturated carbocycles. The number of amides is 1. The molecule has 0 aromatic heterocycles. The minimum atomic E-state index is -1.71. The van der Waals surface area contributed by atoms with Crippen LogP contribution in [0.3, 0.4) is 0 Å². The van der Waals surface area contributed by atoms with E-state index in [4.69, 9.17) is 34.8 Å². The highest BCUT2D eigenvalue weighted by molar-refractivity contribution is 6.52. The highest BCUT2D eigenvalue weighted by Gasteiger charge is 2.42. The van der Waals surface area contributed by atoms with Crippen LogP contribution < -0.4 is 5.32 Å². The predicted octanol–water partition coefficient (Wildman–Crippen LogP) is 2.59. The summed E-state index contributed by atoms with van der Waals surface area (Å²) >= 11 is 18.1. The maximum atomic E-state index is 10.8. The lowest BCUT2D eigenvalue weighted by molar-refractivity contribution is -0.122. The molecule has 2 atom stereocenters. The third kappa shape index (κ3) is 3.75. The number of halogens is 3. The second-order valence-electron chi connectivity index (χ2n) is 3.55. The number of alkyl halides is 3. The molecule has 0 radical (unpaired) electrons. The molecule has 17 heavy (non-hydrogen) atoms. The average Bonchev–Trinajstić information content (AvgIpc) is 2.28. The molecule has 0 spiro atoms. The fraction of sp³-hybridized carbons (Fsp3) is 0.364. The van der Waals surface area contributed by atoms with Crippen LogP contribution in [-0.2, 0) is 4.79 Å². The second kappa shape index (κ2) is 5.91. The highest BCUT2D eigenvalue weighted by Crippen LogP contribution is 2.42. The number of rotatable bonds is 4. The fourth-order valence-electron chi connectivity index (χ4n) is 1.27. The first-order valence-electron chi connectivity index (χ1n) is 4.87. The van der Waals surface area contributed by atoms with E-state index in [1.165, 1.54) is 6.92 Å². The maximum absolute atomic E-state index is 10.8. The summed E-state index contributed by atoms with van der Waals surface area (Å²) in [4.78, 5) is 10.8. The summed E-state index contributed by atoms with van der Waals surface area (Å²) in [5, 5.41) is 11.0. The molecule has 3 nitrogen and oxygen atoms in total. The summed E-state index contributed by atoms with van der Waals surface area (Å²) in [5.74, 6) is -0.444. The lowest BCUT2D eigenvalue weighted by atomic mass is 10.1. The van der Waals surface area contributed by atoms with Crippen LogP contribution in [0.15, 0.2) is 30.3 Å². The van der Waals surface area contributed by atoms with Gasteiger partial charge < -0.3 is 10.4 Å². The van der Waals surface area contributed by atoms with Gasteiger partial charge >= 0.3 is 0 Å². The molecule has 1 amide bonds. The predicted molar refractivity (Wildman–Crippen MR) is 69.3 cm³/mol. The topological polar surface area (TPSA) is 49.3 Å². The Morgan fingerprint density at radius 2 is 1.88 bits per heavy atom. The summed E-state index contributed by atoms with van der Waals surface area (Å²) in [7, 11) is 0. The van der Waals surface area contributed by atoms with Crippen LogP contribution in [-0.4, -0.2) is 21.6 Å². The van der Waals surface area contributed by atoms with E-state index in [9.17, 15) is 9.90 Å². The smallest absolute Gasteiger partial charge is 0.218 e. The number of carbonyl (C=O) groups is 1. The molecule has 0 aliphatic rings. The molecule has 0 aliphatic carbocycles. The first-order chi connectivity index (χ1) is 7.85. The minimum Gasteiger partial charge on any atom is -0.370 e. The van der Waals surface area contributed by atoms with E-state index >= 15 is 0 Å². The van der Waals surface area contributed by atoms with Gasteiger partial charge in [-0.3, -0.25) is 4.79 Å². The normalized spacial score (nSPS) is 15.1. The van der Waals surface area contributed by atoms with Gasteiger partial charge in [0.15, 0.2) is 10.6 Å². The van der Waals surface area contributed by atoms with Gasteiger partial charge in [0.05, 0.1) is 5.38 Å². The maximum Gasteiger partial charge on any atom is 0.218 e. The van der Waals surface area contributed by atoms with Crippen LogP contribution in [0.5, 0.6) is 0 Å². The summed E-state index contributed by atoms with van der Waals surface area (Å²) in [5.41, 5.74) is 0.656. The van der Waals surface area contributed by atoms with E-state index in [0.29, 0.717) is 5.56 Å². The number of nitrogens with one attached hydrogen (secondary N) is 1. The second-order valence-corrected chi connectivity index (χ2v) is 5.43. The molecule has 1 rings (SSSR count). The Balaban J connectivity index is 2.86. The van der Waals surface area contributed by atoms with Gasteiger partial charge in [-0.2, -0.15) is 0 Å². The largest absolute Gasteiger partial charge is 0.370 e. The molecule has 6 heteroatoms. The van der Waals surface area contributed by atoms with E-state index in [-0.39, 0.29) is 0 Å². The molecular formula is C11H12Cl3NO2. The quantitative estimate of drug-likeness (QED) is 0.663. The molecule has 1 aromatic rings. The third-order valence-corrected chi connectivity index (χ3v) is 3.80. The summed E-state index contributed by atoms with van der Waals surface area (Å²) in [6.45, 7) is 1.25. The SMILES string of the molecule is CC(=O)N[C@@H](O)C(Cl)(Cl)[C@H](Cl)c1ccccc1. The monoisotopic (exact) mass is 295 g/mol. The molecule has 94 valence electrons. The van der Waals surface area contributed by atoms with Gasteiger partial charge in [0.2, 0.25) is 5.91 Å². The van der Waals surface area contributed by atoms with E-state index in [1.54, 1.807) is 24.3 Å². The number of carbonyl (C=O) groups excluding carboxylic acids is 1. The van der Waals surface area contributed by atoms with Crippen LogP contribution in [0.25, 0.3) is 0 Å². The number of aliphatic hydroxyl groups is 1. The van der Waals surface area contributed by atoms with Crippen LogP contribution >= 0.6 is 34.8 Å². The molecule has 0 saturated heterocycles. The van der Waals surface area contributed by atoms with Gasteiger partial charge in [0, 0.05) is 6.92 Å². The summed E-state index contributed by atoms with van der Waals surface area (Å²) in [6.07, 6.45) is -1.45. The third-order valence-electron chi connectivity index (χ3n) is 2.13. The van der Waals surface area contributed by atoms with Crippen molar-refractivity contribution in [1.82, 2.24) is 5.32 Å². The van der Waals surface area contributed by atoms with Crippen molar-refractivity contribution >= 4 is 40.7 Å². The van der Waals surface area contributed by atoms with Gasteiger partial charge in [-0.1, -0.05) is 53.5 Å². The molecule has 0 unspecified atom stereocenters. The lowest BCUT2D eigenvalue weighted by Gasteiger charge is -2.30. The van der Waals surface area contributed by atoms with E-state index in [0.717, 1.165) is 0 Å². The van der Waals surface area contributed by atoms with Gasteiger partial charge in [0.1, 0.15) is 0 Å². The van der Waals surface area contributed by atoms with Crippen molar-refractivity contribution in [2.75, 3.05) is 0 Å². The zero-order valence-corrected chi connectivity index (χ0v) is 11.3. The van der Waals surface area contributed by atoms with Gasteiger partial charge in [-0.25, -0.2) is 0 Å². The Morgan fingerprint density at radius 1 is 1.35 bits per heavy atom. The molecule has 1 aromatic carbocycles. The number of hydrogen-bond acceptors (Lipinski definition) is 2. The van der Waals surface area contributed by atoms with Crippen molar-refractivity contribution in [1.29, 1.82) is 0 Å². The zero-order chi connectivity index (χ0) is 13.1. The zero-order valence-electron chi connectivity index (χ0n) is 9.03. The van der Waals surface area contributed by atoms with Crippen molar-refractivity contribution in [2.45, 2.75) is 22.9 Å². The molecular weight excluding hydrogens is 284 g/mol. The van der Waals surface area contributed by atoms with Crippen molar-refractivity contribution in [3.05, 3.63) is 35.9 Å². The molecule has 0 fully saturated rings. The summed E-state index contributed by atoms with van der Waals surface area (Å²) < 4.78 is -1.71. The Hall–Kier alpha value is -0.480. The Morgan fingerprint density at radius 3 is 2.35 bits per heavy atom. The highest BCUT2D eigenvalue weighted by atomic mass is 35.5. The van der Waals surface area contributed by atoms with Crippen LogP contribution in [0.4, 0.5) is 0 Å². The molecule has 2 N–H and O–H groups in total.